The minimum Gasteiger partial charge on any atom is -0.665 e. The molecule has 0 aromatic rings. The molecule has 1 fully saturated rings. The highest BCUT2D eigenvalue weighted by Crippen LogP contribution is 2.28. The Kier molecular flexibility index (Phi) is 3.87. The van der Waals surface area contributed by atoms with Crippen molar-refractivity contribution in [1.29, 1.82) is 0 Å². The van der Waals surface area contributed by atoms with Crippen LogP contribution in [0.15, 0.2) is 0 Å². The molecule has 1 rings (SSSR count). The highest BCUT2D eigenvalue weighted by molar-refractivity contribution is 4.82. The van der Waals surface area contributed by atoms with E-state index >= 15 is 0 Å². The molecular formula is C9H19N2-. The first-order valence-electron chi connectivity index (χ1n) is 4.62. The fourth-order valence-corrected chi connectivity index (χ4v) is 2.04. The van der Waals surface area contributed by atoms with Gasteiger partial charge in [-0.2, -0.15) is 7.05 Å². The third-order valence-corrected chi connectivity index (χ3v) is 2.67. The second kappa shape index (κ2) is 4.73. The Balaban J connectivity index is 2.21. The van der Waals surface area contributed by atoms with Gasteiger partial charge in [0.05, 0.1) is 0 Å². The Labute approximate surface area is 69.5 Å². The van der Waals surface area contributed by atoms with Gasteiger partial charge in [-0.05, 0) is 25.3 Å². The van der Waals surface area contributed by atoms with Crippen LogP contribution in [0.25, 0.3) is 5.32 Å². The first kappa shape index (κ1) is 9.01. The van der Waals surface area contributed by atoms with Crippen LogP contribution >= 0.6 is 0 Å². The van der Waals surface area contributed by atoms with Gasteiger partial charge in [-0.1, -0.05) is 18.8 Å². The van der Waals surface area contributed by atoms with Crippen LogP contribution in [-0.4, -0.2) is 20.1 Å². The van der Waals surface area contributed by atoms with Crippen LogP contribution in [0, 0.1) is 11.8 Å². The summed E-state index contributed by atoms with van der Waals surface area (Å²) in [5.74, 6) is 1.62. The molecule has 0 bridgehead atoms. The van der Waals surface area contributed by atoms with Gasteiger partial charge >= 0.3 is 0 Å². The van der Waals surface area contributed by atoms with E-state index in [0.29, 0.717) is 0 Å². The van der Waals surface area contributed by atoms with E-state index in [2.05, 4.69) is 5.32 Å². The van der Waals surface area contributed by atoms with Crippen molar-refractivity contribution in [1.82, 2.24) is 0 Å². The van der Waals surface area contributed by atoms with Crippen LogP contribution in [0.5, 0.6) is 0 Å². The van der Waals surface area contributed by atoms with E-state index in [-0.39, 0.29) is 0 Å². The standard InChI is InChI=1S/C9H19N2/c1-11-7-9-4-2-3-8(5-9)6-10/h8-9H,2-7,10H2,1H3/q-1. The van der Waals surface area contributed by atoms with Crippen molar-refractivity contribution in [2.24, 2.45) is 17.6 Å². The highest BCUT2D eigenvalue weighted by atomic mass is 14.8. The Hall–Kier alpha value is -0.0800. The number of hydrogen-bond donors (Lipinski definition) is 1. The van der Waals surface area contributed by atoms with E-state index in [1.54, 1.807) is 0 Å². The zero-order chi connectivity index (χ0) is 8.10. The molecular weight excluding hydrogens is 136 g/mol. The lowest BCUT2D eigenvalue weighted by Crippen LogP contribution is -2.23. The Morgan fingerprint density at radius 3 is 2.73 bits per heavy atom. The molecule has 0 radical (unpaired) electrons. The third kappa shape index (κ3) is 2.80. The maximum absolute atomic E-state index is 5.63. The summed E-state index contributed by atoms with van der Waals surface area (Å²) in [5.41, 5.74) is 5.63. The van der Waals surface area contributed by atoms with Gasteiger partial charge in [0.25, 0.3) is 0 Å². The summed E-state index contributed by atoms with van der Waals surface area (Å²) in [5, 5.41) is 4.19. The van der Waals surface area contributed by atoms with E-state index in [0.717, 1.165) is 24.9 Å². The summed E-state index contributed by atoms with van der Waals surface area (Å²) in [6.45, 7) is 1.93. The summed E-state index contributed by atoms with van der Waals surface area (Å²) in [6, 6.07) is 0. The summed E-state index contributed by atoms with van der Waals surface area (Å²) >= 11 is 0. The van der Waals surface area contributed by atoms with E-state index < -0.39 is 0 Å². The fraction of sp³-hybridized carbons (Fsp3) is 1.00. The van der Waals surface area contributed by atoms with E-state index in [9.17, 15) is 0 Å². The average molecular weight is 155 g/mol. The number of hydrogen-bond acceptors (Lipinski definition) is 1. The van der Waals surface area contributed by atoms with E-state index in [1.807, 2.05) is 7.05 Å². The van der Waals surface area contributed by atoms with Crippen molar-refractivity contribution in [3.63, 3.8) is 0 Å². The smallest absolute Gasteiger partial charge is 0.00488 e. The Morgan fingerprint density at radius 1 is 1.36 bits per heavy atom. The first-order chi connectivity index (χ1) is 5.36. The Morgan fingerprint density at radius 2 is 2.09 bits per heavy atom. The molecule has 0 aromatic heterocycles. The summed E-state index contributed by atoms with van der Waals surface area (Å²) in [6.07, 6.45) is 5.39. The quantitative estimate of drug-likeness (QED) is 0.662. The van der Waals surface area contributed by atoms with Gasteiger partial charge in [0.15, 0.2) is 0 Å². The van der Waals surface area contributed by atoms with Crippen molar-refractivity contribution < 1.29 is 0 Å². The van der Waals surface area contributed by atoms with Crippen molar-refractivity contribution in [3.8, 4) is 0 Å². The number of nitrogens with zero attached hydrogens (tertiary/aromatic N) is 1. The van der Waals surface area contributed by atoms with Gasteiger partial charge in [0, 0.05) is 0 Å². The molecule has 1 saturated carbocycles. The number of nitrogens with two attached hydrogens (primary N) is 1. The Bertz CT molecular complexity index is 102. The van der Waals surface area contributed by atoms with Gasteiger partial charge in [-0.25, -0.2) is 0 Å². The second-order valence-electron chi connectivity index (χ2n) is 3.63. The minimum absolute atomic E-state index is 0.787. The molecule has 0 amide bonds. The van der Waals surface area contributed by atoms with Crippen molar-refractivity contribution in [3.05, 3.63) is 5.32 Å². The third-order valence-electron chi connectivity index (χ3n) is 2.67. The SMILES string of the molecule is C[N-]CC1CCCC(CN)C1. The van der Waals surface area contributed by atoms with Crippen LogP contribution in [-0.2, 0) is 0 Å². The maximum atomic E-state index is 5.63. The molecule has 11 heavy (non-hydrogen) atoms. The second-order valence-corrected chi connectivity index (χ2v) is 3.63. The molecule has 2 unspecified atom stereocenters. The molecule has 66 valence electrons. The average Bonchev–Trinajstić information content (AvgIpc) is 2.06. The molecule has 1 aliphatic rings. The van der Waals surface area contributed by atoms with Gasteiger partial charge in [-0.3, -0.25) is 0 Å². The monoisotopic (exact) mass is 155 g/mol. The molecule has 0 aromatic carbocycles. The van der Waals surface area contributed by atoms with Crippen molar-refractivity contribution in [2.45, 2.75) is 25.7 Å². The lowest BCUT2D eigenvalue weighted by molar-refractivity contribution is 0.283. The summed E-state index contributed by atoms with van der Waals surface area (Å²) < 4.78 is 0. The van der Waals surface area contributed by atoms with Crippen molar-refractivity contribution >= 4 is 0 Å². The van der Waals surface area contributed by atoms with Crippen LogP contribution < -0.4 is 5.73 Å². The fourth-order valence-electron chi connectivity index (χ4n) is 2.04. The summed E-state index contributed by atoms with van der Waals surface area (Å²) in [4.78, 5) is 0. The van der Waals surface area contributed by atoms with Crippen LogP contribution in [0.4, 0.5) is 0 Å². The van der Waals surface area contributed by atoms with Crippen molar-refractivity contribution in [2.75, 3.05) is 20.1 Å². The normalized spacial score (nSPS) is 32.2. The largest absolute Gasteiger partial charge is 0.665 e. The van der Waals surface area contributed by atoms with E-state index in [1.165, 1.54) is 25.7 Å². The zero-order valence-electron chi connectivity index (χ0n) is 7.42. The molecule has 0 heterocycles. The summed E-state index contributed by atoms with van der Waals surface area (Å²) in [7, 11) is 1.91. The van der Waals surface area contributed by atoms with Crippen LogP contribution in [0.1, 0.15) is 25.7 Å². The van der Waals surface area contributed by atoms with Gasteiger partial charge in [0.2, 0.25) is 0 Å². The van der Waals surface area contributed by atoms with Crippen LogP contribution in [0.3, 0.4) is 0 Å². The molecule has 2 heteroatoms. The number of rotatable bonds is 3. The highest BCUT2D eigenvalue weighted by Gasteiger charge is 2.17. The van der Waals surface area contributed by atoms with Gasteiger partial charge in [0.1, 0.15) is 0 Å². The molecule has 1 aliphatic carbocycles. The topological polar surface area (TPSA) is 40.1 Å². The predicted molar refractivity (Wildman–Crippen MR) is 48.7 cm³/mol. The van der Waals surface area contributed by atoms with Crippen LogP contribution in [0.2, 0.25) is 0 Å². The molecule has 0 aliphatic heterocycles. The van der Waals surface area contributed by atoms with Gasteiger partial charge < -0.3 is 11.1 Å². The molecule has 0 spiro atoms. The van der Waals surface area contributed by atoms with E-state index in [4.69, 9.17) is 5.73 Å². The first-order valence-corrected chi connectivity index (χ1v) is 4.62. The molecule has 2 atom stereocenters. The molecule has 0 saturated heterocycles. The van der Waals surface area contributed by atoms with Gasteiger partial charge in [-0.15, -0.1) is 6.54 Å². The minimum atomic E-state index is 0.787. The maximum Gasteiger partial charge on any atom is -0.00488 e. The predicted octanol–water partition coefficient (Wildman–Crippen LogP) is 1.75. The lowest BCUT2D eigenvalue weighted by Gasteiger charge is -2.31. The molecule has 2 nitrogen and oxygen atoms in total. The zero-order valence-corrected chi connectivity index (χ0v) is 7.42. The lowest BCUT2D eigenvalue weighted by atomic mass is 9.81. The molecule has 2 N–H and O–H groups in total.